The van der Waals surface area contributed by atoms with Crippen LogP contribution >= 0.6 is 0 Å². The minimum absolute atomic E-state index is 0.235. The standard InChI is InChI=1S/C20H19FN4O3/c1-3-18-24-19(25-28-18)13-5-7-14(8-6-13)20(27)22-11-17(26)23-15-9-4-12(2)16(21)10-15/h4-10H,3,11H2,1-2H3,(H,22,27)(H,23,26). The van der Waals surface area contributed by atoms with E-state index in [1.165, 1.54) is 6.07 Å². The maximum Gasteiger partial charge on any atom is 0.251 e. The van der Waals surface area contributed by atoms with Crippen molar-refractivity contribution >= 4 is 17.5 Å². The fraction of sp³-hybridized carbons (Fsp3) is 0.200. The van der Waals surface area contributed by atoms with Gasteiger partial charge in [-0.25, -0.2) is 4.39 Å². The topological polar surface area (TPSA) is 97.1 Å². The summed E-state index contributed by atoms with van der Waals surface area (Å²) in [6.07, 6.45) is 0.644. The van der Waals surface area contributed by atoms with Crippen LogP contribution in [0, 0.1) is 12.7 Å². The SMILES string of the molecule is CCc1nc(-c2ccc(C(=O)NCC(=O)Nc3ccc(C)c(F)c3)cc2)no1. The largest absolute Gasteiger partial charge is 0.343 e. The number of aromatic nitrogens is 2. The van der Waals surface area contributed by atoms with Crippen molar-refractivity contribution in [2.75, 3.05) is 11.9 Å². The Morgan fingerprint density at radius 3 is 2.54 bits per heavy atom. The minimum Gasteiger partial charge on any atom is -0.343 e. The smallest absolute Gasteiger partial charge is 0.251 e. The van der Waals surface area contributed by atoms with Gasteiger partial charge in [-0.1, -0.05) is 30.3 Å². The quantitative estimate of drug-likeness (QED) is 0.683. The molecule has 0 fully saturated rings. The van der Waals surface area contributed by atoms with Crippen molar-refractivity contribution < 1.29 is 18.5 Å². The first kappa shape index (κ1) is 19.2. The molecule has 0 aliphatic heterocycles. The summed E-state index contributed by atoms with van der Waals surface area (Å²) < 4.78 is 18.6. The number of hydrogen-bond acceptors (Lipinski definition) is 5. The third-order valence-corrected chi connectivity index (χ3v) is 4.04. The van der Waals surface area contributed by atoms with Crippen molar-refractivity contribution in [3.8, 4) is 11.4 Å². The summed E-state index contributed by atoms with van der Waals surface area (Å²) in [5.74, 6) is -0.273. The molecule has 28 heavy (non-hydrogen) atoms. The number of rotatable bonds is 6. The third-order valence-electron chi connectivity index (χ3n) is 4.04. The average molecular weight is 382 g/mol. The zero-order valence-corrected chi connectivity index (χ0v) is 15.5. The van der Waals surface area contributed by atoms with Crippen LogP contribution in [0.25, 0.3) is 11.4 Å². The van der Waals surface area contributed by atoms with Gasteiger partial charge in [-0.3, -0.25) is 9.59 Å². The maximum absolute atomic E-state index is 13.5. The van der Waals surface area contributed by atoms with Gasteiger partial charge in [0.2, 0.25) is 17.6 Å². The lowest BCUT2D eigenvalue weighted by molar-refractivity contribution is -0.115. The van der Waals surface area contributed by atoms with Crippen LogP contribution in [0.15, 0.2) is 47.0 Å². The Morgan fingerprint density at radius 1 is 1.14 bits per heavy atom. The molecular formula is C20H19FN4O3. The zero-order chi connectivity index (χ0) is 20.1. The molecule has 7 nitrogen and oxygen atoms in total. The van der Waals surface area contributed by atoms with E-state index in [2.05, 4.69) is 20.8 Å². The van der Waals surface area contributed by atoms with Gasteiger partial charge in [-0.05, 0) is 36.8 Å². The lowest BCUT2D eigenvalue weighted by Gasteiger charge is -2.08. The average Bonchev–Trinajstić information content (AvgIpc) is 3.18. The van der Waals surface area contributed by atoms with Gasteiger partial charge in [0.1, 0.15) is 5.82 Å². The van der Waals surface area contributed by atoms with Gasteiger partial charge in [0.25, 0.3) is 5.91 Å². The summed E-state index contributed by atoms with van der Waals surface area (Å²) in [7, 11) is 0. The van der Waals surface area contributed by atoms with Gasteiger partial charge in [0.15, 0.2) is 0 Å². The van der Waals surface area contributed by atoms with Crippen molar-refractivity contribution in [2.24, 2.45) is 0 Å². The van der Waals surface area contributed by atoms with E-state index in [1.54, 1.807) is 43.3 Å². The lowest BCUT2D eigenvalue weighted by atomic mass is 10.1. The van der Waals surface area contributed by atoms with E-state index >= 15 is 0 Å². The van der Waals surface area contributed by atoms with Crippen molar-refractivity contribution in [3.63, 3.8) is 0 Å². The molecule has 0 bridgehead atoms. The fourth-order valence-corrected chi connectivity index (χ4v) is 2.42. The molecule has 0 aliphatic rings. The van der Waals surface area contributed by atoms with Crippen LogP contribution in [-0.4, -0.2) is 28.5 Å². The number of anilines is 1. The number of carbonyl (C=O) groups is 2. The molecule has 0 unspecified atom stereocenters. The Hall–Kier alpha value is -3.55. The number of nitrogens with one attached hydrogen (secondary N) is 2. The molecule has 0 spiro atoms. The Balaban J connectivity index is 1.55. The summed E-state index contributed by atoms with van der Waals surface area (Å²) in [5.41, 5.74) is 1.93. The van der Waals surface area contributed by atoms with Gasteiger partial charge < -0.3 is 15.2 Å². The third kappa shape index (κ3) is 4.59. The molecule has 1 heterocycles. The summed E-state index contributed by atoms with van der Waals surface area (Å²) in [5, 5.41) is 8.93. The Labute approximate surface area is 161 Å². The highest BCUT2D eigenvalue weighted by molar-refractivity contribution is 5.99. The van der Waals surface area contributed by atoms with Crippen LogP contribution in [0.5, 0.6) is 0 Å². The van der Waals surface area contributed by atoms with Gasteiger partial charge in [0, 0.05) is 23.2 Å². The first-order valence-electron chi connectivity index (χ1n) is 8.73. The van der Waals surface area contributed by atoms with Crippen molar-refractivity contribution in [1.29, 1.82) is 0 Å². The molecule has 0 saturated heterocycles. The molecule has 2 aromatic carbocycles. The second kappa shape index (κ2) is 8.43. The number of aryl methyl sites for hydroxylation is 2. The molecule has 144 valence electrons. The van der Waals surface area contributed by atoms with Gasteiger partial charge >= 0.3 is 0 Å². The number of amides is 2. The second-order valence-electron chi connectivity index (χ2n) is 6.14. The van der Waals surface area contributed by atoms with E-state index in [9.17, 15) is 14.0 Å². The number of benzene rings is 2. The van der Waals surface area contributed by atoms with E-state index in [-0.39, 0.29) is 6.54 Å². The van der Waals surface area contributed by atoms with Crippen LogP contribution in [-0.2, 0) is 11.2 Å². The molecular weight excluding hydrogens is 363 g/mol. The van der Waals surface area contributed by atoms with Crippen LogP contribution in [0.3, 0.4) is 0 Å². The maximum atomic E-state index is 13.5. The first-order valence-corrected chi connectivity index (χ1v) is 8.73. The molecule has 0 atom stereocenters. The van der Waals surface area contributed by atoms with E-state index in [4.69, 9.17) is 4.52 Å². The predicted molar refractivity (Wildman–Crippen MR) is 101 cm³/mol. The molecule has 0 saturated carbocycles. The predicted octanol–water partition coefficient (Wildman–Crippen LogP) is 3.12. The minimum atomic E-state index is -0.452. The van der Waals surface area contributed by atoms with Crippen LogP contribution in [0.4, 0.5) is 10.1 Å². The number of nitrogens with zero attached hydrogens (tertiary/aromatic N) is 2. The zero-order valence-electron chi connectivity index (χ0n) is 15.5. The fourth-order valence-electron chi connectivity index (χ4n) is 2.42. The molecule has 0 aliphatic carbocycles. The summed E-state index contributed by atoms with van der Waals surface area (Å²) >= 11 is 0. The number of hydrogen-bond donors (Lipinski definition) is 2. The van der Waals surface area contributed by atoms with Gasteiger partial charge in [0.05, 0.1) is 6.54 Å². The van der Waals surface area contributed by atoms with E-state index < -0.39 is 17.6 Å². The summed E-state index contributed by atoms with van der Waals surface area (Å²) in [6, 6.07) is 11.0. The van der Waals surface area contributed by atoms with Crippen LogP contribution < -0.4 is 10.6 Å². The highest BCUT2D eigenvalue weighted by atomic mass is 19.1. The number of halogens is 1. The Bertz CT molecular complexity index is 999. The van der Waals surface area contributed by atoms with E-state index in [1.807, 2.05) is 6.92 Å². The molecule has 1 aromatic heterocycles. The highest BCUT2D eigenvalue weighted by Gasteiger charge is 2.11. The second-order valence-corrected chi connectivity index (χ2v) is 6.14. The summed E-state index contributed by atoms with van der Waals surface area (Å²) in [6.45, 7) is 3.31. The monoisotopic (exact) mass is 382 g/mol. The van der Waals surface area contributed by atoms with E-state index in [0.29, 0.717) is 35.0 Å². The normalized spacial score (nSPS) is 10.5. The first-order chi connectivity index (χ1) is 13.5. The van der Waals surface area contributed by atoms with Gasteiger partial charge in [-0.2, -0.15) is 4.98 Å². The van der Waals surface area contributed by atoms with Gasteiger partial charge in [-0.15, -0.1) is 0 Å². The Kier molecular flexibility index (Phi) is 5.78. The lowest BCUT2D eigenvalue weighted by Crippen LogP contribution is -2.32. The van der Waals surface area contributed by atoms with Crippen molar-refractivity contribution in [1.82, 2.24) is 15.5 Å². The van der Waals surface area contributed by atoms with Crippen molar-refractivity contribution in [2.45, 2.75) is 20.3 Å². The molecule has 3 rings (SSSR count). The highest BCUT2D eigenvalue weighted by Crippen LogP contribution is 2.17. The molecule has 8 heteroatoms. The van der Waals surface area contributed by atoms with Crippen LogP contribution in [0.1, 0.15) is 28.7 Å². The molecule has 2 amide bonds. The van der Waals surface area contributed by atoms with Crippen LogP contribution in [0.2, 0.25) is 0 Å². The Morgan fingerprint density at radius 2 is 1.89 bits per heavy atom. The summed E-state index contributed by atoms with van der Waals surface area (Å²) in [4.78, 5) is 28.4. The van der Waals surface area contributed by atoms with E-state index in [0.717, 1.165) is 5.56 Å². The molecule has 0 radical (unpaired) electrons. The molecule has 3 aromatic rings. The molecule has 2 N–H and O–H groups in total. The number of carbonyl (C=O) groups excluding carboxylic acids is 2. The van der Waals surface area contributed by atoms with Crippen molar-refractivity contribution in [3.05, 3.63) is 65.3 Å².